The van der Waals surface area contributed by atoms with Crippen molar-refractivity contribution in [2.75, 3.05) is 0 Å². The first-order chi connectivity index (χ1) is 8.52. The van der Waals surface area contributed by atoms with Crippen LogP contribution in [0.5, 0.6) is 0 Å². The first-order valence-corrected chi connectivity index (χ1v) is 6.58. The summed E-state index contributed by atoms with van der Waals surface area (Å²) in [5.41, 5.74) is 0.716. The smallest absolute Gasteiger partial charge is 0.326 e. The van der Waals surface area contributed by atoms with Crippen LogP contribution < -0.4 is 0 Å². The molecule has 0 aromatic carbocycles. The first-order valence-electron chi connectivity index (χ1n) is 5.63. The number of carbonyl (C=O) groups is 2. The Labute approximate surface area is 109 Å². The lowest BCUT2D eigenvalue weighted by Crippen LogP contribution is -2.42. The molecule has 1 N–H and O–H groups in total. The van der Waals surface area contributed by atoms with Crippen LogP contribution in [0.25, 0.3) is 0 Å². The fourth-order valence-electron chi connectivity index (χ4n) is 1.89. The van der Waals surface area contributed by atoms with Crippen LogP contribution in [-0.4, -0.2) is 38.2 Å². The number of nitrogens with zero attached hydrogens (tertiary/aromatic N) is 2. The van der Waals surface area contributed by atoms with Crippen LogP contribution in [0.3, 0.4) is 0 Å². The molecule has 2 heterocycles. The second-order valence-corrected chi connectivity index (χ2v) is 5.57. The predicted octanol–water partition coefficient (Wildman–Crippen LogP) is 1.52. The Morgan fingerprint density at radius 2 is 2.28 bits per heavy atom. The van der Waals surface area contributed by atoms with Gasteiger partial charge in [-0.05, 0) is 26.0 Å². The van der Waals surface area contributed by atoms with Crippen LogP contribution in [0.1, 0.15) is 24.9 Å². The van der Waals surface area contributed by atoms with E-state index in [4.69, 9.17) is 5.11 Å². The molecule has 1 aliphatic rings. The molecular weight excluding hydrogens is 252 g/mol. The molecule has 0 bridgehead atoms. The highest BCUT2D eigenvalue weighted by Gasteiger charge is 2.43. The quantitative estimate of drug-likeness (QED) is 0.898. The van der Waals surface area contributed by atoms with Crippen molar-refractivity contribution in [2.45, 2.75) is 30.5 Å². The van der Waals surface area contributed by atoms with E-state index in [1.807, 2.05) is 12.1 Å². The molecule has 1 aromatic rings. The van der Waals surface area contributed by atoms with Gasteiger partial charge in [-0.15, -0.1) is 11.8 Å². The van der Waals surface area contributed by atoms with E-state index in [2.05, 4.69) is 4.98 Å². The molecule has 3 atom stereocenters. The Balaban J connectivity index is 2.34. The number of hydrogen-bond acceptors (Lipinski definition) is 4. The Kier molecular flexibility index (Phi) is 3.56. The maximum atomic E-state index is 12.0. The average molecular weight is 266 g/mol. The SMILES string of the molecule is CC1SC(c2ccccn2)N(C(C)C(=O)O)C1=O. The van der Waals surface area contributed by atoms with E-state index in [9.17, 15) is 9.59 Å². The Morgan fingerprint density at radius 1 is 1.56 bits per heavy atom. The molecule has 0 aliphatic carbocycles. The number of carbonyl (C=O) groups excluding carboxylic acids is 1. The standard InChI is InChI=1S/C12H14N2O3S/c1-7(12(16)17)14-10(15)8(2)18-11(14)9-5-3-4-6-13-9/h3-8,11H,1-2H3,(H,16,17). The van der Waals surface area contributed by atoms with Crippen molar-refractivity contribution < 1.29 is 14.7 Å². The monoisotopic (exact) mass is 266 g/mol. The van der Waals surface area contributed by atoms with Gasteiger partial charge < -0.3 is 10.0 Å². The van der Waals surface area contributed by atoms with Gasteiger partial charge in [0.2, 0.25) is 5.91 Å². The fraction of sp³-hybridized carbons (Fsp3) is 0.417. The highest BCUT2D eigenvalue weighted by molar-refractivity contribution is 8.01. The Hall–Kier alpha value is -1.56. The normalized spacial score (nSPS) is 25.2. The van der Waals surface area contributed by atoms with Crippen LogP contribution >= 0.6 is 11.8 Å². The summed E-state index contributed by atoms with van der Waals surface area (Å²) in [5.74, 6) is -1.15. The summed E-state index contributed by atoms with van der Waals surface area (Å²) in [6.07, 6.45) is 1.65. The number of rotatable bonds is 3. The molecular formula is C12H14N2O3S. The molecule has 2 rings (SSSR count). The van der Waals surface area contributed by atoms with Gasteiger partial charge in [-0.2, -0.15) is 0 Å². The molecule has 1 aromatic heterocycles. The average Bonchev–Trinajstić information content (AvgIpc) is 2.66. The molecule has 0 radical (unpaired) electrons. The molecule has 1 saturated heterocycles. The molecule has 3 unspecified atom stereocenters. The third kappa shape index (κ3) is 2.20. The van der Waals surface area contributed by atoms with Gasteiger partial charge in [0.1, 0.15) is 11.4 Å². The molecule has 0 saturated carbocycles. The molecule has 5 nitrogen and oxygen atoms in total. The molecule has 18 heavy (non-hydrogen) atoms. The van der Waals surface area contributed by atoms with Gasteiger partial charge in [-0.1, -0.05) is 6.07 Å². The van der Waals surface area contributed by atoms with Gasteiger partial charge in [0.25, 0.3) is 0 Å². The molecule has 1 fully saturated rings. The lowest BCUT2D eigenvalue weighted by Gasteiger charge is -2.26. The minimum Gasteiger partial charge on any atom is -0.480 e. The summed E-state index contributed by atoms with van der Waals surface area (Å²) in [5, 5.41) is 8.53. The highest BCUT2D eigenvalue weighted by Crippen LogP contribution is 2.43. The van der Waals surface area contributed by atoms with Crippen LogP contribution in [-0.2, 0) is 9.59 Å². The van der Waals surface area contributed by atoms with Crippen LogP contribution in [0.2, 0.25) is 0 Å². The van der Waals surface area contributed by atoms with Gasteiger partial charge in [-0.3, -0.25) is 9.78 Å². The number of carboxylic acid groups (broad SMARTS) is 1. The minimum absolute atomic E-state index is 0.148. The zero-order valence-electron chi connectivity index (χ0n) is 10.1. The van der Waals surface area contributed by atoms with Crippen molar-refractivity contribution in [3.05, 3.63) is 30.1 Å². The van der Waals surface area contributed by atoms with E-state index in [1.165, 1.54) is 23.6 Å². The summed E-state index contributed by atoms with van der Waals surface area (Å²) >= 11 is 1.43. The first kappa shape index (κ1) is 12.9. The number of aliphatic carboxylic acids is 1. The number of thioether (sulfide) groups is 1. The van der Waals surface area contributed by atoms with Gasteiger partial charge in [0, 0.05) is 6.20 Å². The van der Waals surface area contributed by atoms with E-state index in [0.29, 0.717) is 5.69 Å². The third-order valence-corrected chi connectivity index (χ3v) is 4.24. The maximum absolute atomic E-state index is 12.0. The van der Waals surface area contributed by atoms with E-state index in [0.717, 1.165) is 0 Å². The predicted molar refractivity (Wildman–Crippen MR) is 68.0 cm³/mol. The zero-order chi connectivity index (χ0) is 13.3. The third-order valence-electron chi connectivity index (χ3n) is 2.90. The second kappa shape index (κ2) is 4.97. The fourth-order valence-corrected chi connectivity index (χ4v) is 3.21. The van der Waals surface area contributed by atoms with E-state index >= 15 is 0 Å². The van der Waals surface area contributed by atoms with Gasteiger partial charge >= 0.3 is 5.97 Å². The Morgan fingerprint density at radius 3 is 2.83 bits per heavy atom. The van der Waals surface area contributed by atoms with Crippen molar-refractivity contribution in [3.63, 3.8) is 0 Å². The van der Waals surface area contributed by atoms with Crippen molar-refractivity contribution in [1.29, 1.82) is 0 Å². The lowest BCUT2D eigenvalue weighted by molar-refractivity contribution is -0.149. The number of amides is 1. The molecule has 96 valence electrons. The van der Waals surface area contributed by atoms with Gasteiger partial charge in [0.15, 0.2) is 0 Å². The van der Waals surface area contributed by atoms with E-state index in [1.54, 1.807) is 19.2 Å². The topological polar surface area (TPSA) is 70.5 Å². The summed E-state index contributed by atoms with van der Waals surface area (Å²) in [4.78, 5) is 28.8. The number of aromatic nitrogens is 1. The number of hydrogen-bond donors (Lipinski definition) is 1. The zero-order valence-corrected chi connectivity index (χ0v) is 10.9. The summed E-state index contributed by atoms with van der Waals surface area (Å²) < 4.78 is 0. The van der Waals surface area contributed by atoms with E-state index in [-0.39, 0.29) is 16.5 Å². The second-order valence-electron chi connectivity index (χ2n) is 4.14. The molecule has 0 spiro atoms. The lowest BCUT2D eigenvalue weighted by atomic mass is 10.2. The van der Waals surface area contributed by atoms with Crippen molar-refractivity contribution in [2.24, 2.45) is 0 Å². The number of carboxylic acids is 1. The highest BCUT2D eigenvalue weighted by atomic mass is 32.2. The molecule has 1 aliphatic heterocycles. The largest absolute Gasteiger partial charge is 0.480 e. The summed E-state index contributed by atoms with van der Waals surface area (Å²) in [7, 11) is 0. The van der Waals surface area contributed by atoms with Crippen LogP contribution in [0, 0.1) is 0 Å². The summed E-state index contributed by atoms with van der Waals surface area (Å²) in [6.45, 7) is 3.31. The summed E-state index contributed by atoms with van der Waals surface area (Å²) in [6, 6.07) is 4.59. The van der Waals surface area contributed by atoms with Crippen molar-refractivity contribution in [1.82, 2.24) is 9.88 Å². The molecule has 1 amide bonds. The van der Waals surface area contributed by atoms with Crippen molar-refractivity contribution >= 4 is 23.6 Å². The number of pyridine rings is 1. The van der Waals surface area contributed by atoms with Gasteiger partial charge in [0.05, 0.1) is 10.9 Å². The molecule has 6 heteroatoms. The van der Waals surface area contributed by atoms with Crippen LogP contribution in [0.15, 0.2) is 24.4 Å². The van der Waals surface area contributed by atoms with Crippen molar-refractivity contribution in [3.8, 4) is 0 Å². The van der Waals surface area contributed by atoms with E-state index < -0.39 is 12.0 Å². The Bertz CT molecular complexity index is 466. The maximum Gasteiger partial charge on any atom is 0.326 e. The van der Waals surface area contributed by atoms with Gasteiger partial charge in [-0.25, -0.2) is 4.79 Å². The minimum atomic E-state index is -1.00. The van der Waals surface area contributed by atoms with Crippen LogP contribution in [0.4, 0.5) is 0 Å².